The molecule has 0 aromatic rings. The van der Waals surface area contributed by atoms with Gasteiger partial charge in [-0.2, -0.15) is 5.26 Å². The molecule has 0 aliphatic carbocycles. The summed E-state index contributed by atoms with van der Waals surface area (Å²) in [4.78, 5) is 12.0. The Morgan fingerprint density at radius 1 is 1.47 bits per heavy atom. The summed E-state index contributed by atoms with van der Waals surface area (Å²) in [5, 5.41) is 12.1. The minimum atomic E-state index is -0.509. The Morgan fingerprint density at radius 3 is 2.68 bits per heavy atom. The number of hydrogen-bond acceptors (Lipinski definition) is 3. The van der Waals surface area contributed by atoms with Crippen molar-refractivity contribution in [2.75, 3.05) is 6.61 Å². The highest BCUT2D eigenvalue weighted by molar-refractivity contribution is 5.81. The maximum atomic E-state index is 12.0. The molecule has 0 radical (unpaired) electrons. The number of rotatable bonds is 6. The maximum Gasteiger partial charge on any atom is 0.237 e. The van der Waals surface area contributed by atoms with Crippen molar-refractivity contribution in [3.63, 3.8) is 0 Å². The maximum absolute atomic E-state index is 12.0. The first kappa shape index (κ1) is 16.0. The van der Waals surface area contributed by atoms with Gasteiger partial charge in [0.2, 0.25) is 5.91 Å². The van der Waals surface area contributed by atoms with Crippen LogP contribution in [0.3, 0.4) is 0 Å². The first-order valence-electron chi connectivity index (χ1n) is 7.44. The Bertz CT molecular complexity index is 332. The highest BCUT2D eigenvalue weighted by Gasteiger charge is 2.35. The highest BCUT2D eigenvalue weighted by Crippen LogP contribution is 2.31. The topological polar surface area (TPSA) is 62.1 Å². The Labute approximate surface area is 116 Å². The molecule has 1 aliphatic heterocycles. The van der Waals surface area contributed by atoms with Gasteiger partial charge in [-0.25, -0.2) is 0 Å². The fourth-order valence-corrected chi connectivity index (χ4v) is 2.74. The van der Waals surface area contributed by atoms with Crippen molar-refractivity contribution in [1.82, 2.24) is 5.32 Å². The van der Waals surface area contributed by atoms with Crippen LogP contribution in [0.2, 0.25) is 0 Å². The number of carbonyl (C=O) groups excluding carboxylic acids is 1. The molecule has 2 unspecified atom stereocenters. The van der Waals surface area contributed by atoms with E-state index in [1.807, 2.05) is 6.92 Å². The molecular formula is C15H26N2O2. The molecule has 0 spiro atoms. The van der Waals surface area contributed by atoms with Crippen LogP contribution in [0.15, 0.2) is 0 Å². The van der Waals surface area contributed by atoms with Gasteiger partial charge in [0, 0.05) is 12.6 Å². The van der Waals surface area contributed by atoms with Gasteiger partial charge in [0.05, 0.1) is 11.7 Å². The molecule has 0 aromatic carbocycles. The SMILES string of the molecule is CCCC(C#N)C(=O)NC1CCOC(CC)(CC)C1. The van der Waals surface area contributed by atoms with E-state index in [-0.39, 0.29) is 17.6 Å². The summed E-state index contributed by atoms with van der Waals surface area (Å²) in [5.74, 6) is -0.622. The third-order valence-corrected chi connectivity index (χ3v) is 4.18. The summed E-state index contributed by atoms with van der Waals surface area (Å²) in [7, 11) is 0. The number of nitrogens with zero attached hydrogens (tertiary/aromatic N) is 1. The fourth-order valence-electron chi connectivity index (χ4n) is 2.74. The first-order chi connectivity index (χ1) is 9.10. The van der Waals surface area contributed by atoms with E-state index in [2.05, 4.69) is 25.2 Å². The van der Waals surface area contributed by atoms with Crippen LogP contribution in [-0.2, 0) is 9.53 Å². The lowest BCUT2D eigenvalue weighted by Crippen LogP contribution is -2.49. The summed E-state index contributed by atoms with van der Waals surface area (Å²) >= 11 is 0. The molecule has 1 heterocycles. The van der Waals surface area contributed by atoms with Gasteiger partial charge in [-0.1, -0.05) is 27.2 Å². The van der Waals surface area contributed by atoms with Crippen LogP contribution in [0.4, 0.5) is 0 Å². The smallest absolute Gasteiger partial charge is 0.237 e. The molecule has 0 aromatic heterocycles. The zero-order chi connectivity index (χ0) is 14.3. The lowest BCUT2D eigenvalue weighted by molar-refractivity contribution is -0.128. The van der Waals surface area contributed by atoms with Gasteiger partial charge in [0.25, 0.3) is 0 Å². The molecule has 2 atom stereocenters. The quantitative estimate of drug-likeness (QED) is 0.804. The summed E-state index contributed by atoms with van der Waals surface area (Å²) in [5.41, 5.74) is -0.0942. The predicted octanol–water partition coefficient (Wildman–Crippen LogP) is 2.78. The van der Waals surface area contributed by atoms with E-state index < -0.39 is 5.92 Å². The van der Waals surface area contributed by atoms with Crippen molar-refractivity contribution in [3.05, 3.63) is 0 Å². The van der Waals surface area contributed by atoms with Crippen LogP contribution in [0, 0.1) is 17.2 Å². The zero-order valence-corrected chi connectivity index (χ0v) is 12.4. The Kier molecular flexibility index (Phi) is 6.30. The van der Waals surface area contributed by atoms with Crippen LogP contribution in [-0.4, -0.2) is 24.2 Å². The molecule has 1 rings (SSSR count). The van der Waals surface area contributed by atoms with E-state index in [0.29, 0.717) is 13.0 Å². The molecule has 1 amide bonds. The lowest BCUT2D eigenvalue weighted by atomic mass is 9.85. The standard InChI is InChI=1S/C15H26N2O2/c1-4-7-12(11-16)14(18)17-13-8-9-19-15(5-2,6-3)10-13/h12-13H,4-10H2,1-3H3,(H,17,18). The average Bonchev–Trinajstić information content (AvgIpc) is 2.44. The molecule has 1 fully saturated rings. The molecular weight excluding hydrogens is 240 g/mol. The van der Waals surface area contributed by atoms with E-state index in [1.54, 1.807) is 0 Å². The molecule has 1 aliphatic rings. The van der Waals surface area contributed by atoms with Crippen LogP contribution < -0.4 is 5.32 Å². The molecule has 0 saturated carbocycles. The second kappa shape index (κ2) is 7.49. The minimum Gasteiger partial charge on any atom is -0.375 e. The van der Waals surface area contributed by atoms with Gasteiger partial charge in [-0.3, -0.25) is 4.79 Å². The lowest BCUT2D eigenvalue weighted by Gasteiger charge is -2.40. The van der Waals surface area contributed by atoms with Crippen molar-refractivity contribution in [3.8, 4) is 6.07 Å². The van der Waals surface area contributed by atoms with Gasteiger partial charge in [0.1, 0.15) is 5.92 Å². The Balaban J connectivity index is 2.57. The Hall–Kier alpha value is -1.08. The molecule has 1 N–H and O–H groups in total. The monoisotopic (exact) mass is 266 g/mol. The van der Waals surface area contributed by atoms with Gasteiger partial charge in [-0.05, 0) is 32.1 Å². The second-order valence-corrected chi connectivity index (χ2v) is 5.41. The normalized spacial score (nSPS) is 23.4. The van der Waals surface area contributed by atoms with Gasteiger partial charge in [0.15, 0.2) is 0 Å². The van der Waals surface area contributed by atoms with Gasteiger partial charge < -0.3 is 10.1 Å². The number of amides is 1. The zero-order valence-electron chi connectivity index (χ0n) is 12.4. The third kappa shape index (κ3) is 4.21. The number of nitrogens with one attached hydrogen (secondary N) is 1. The summed E-state index contributed by atoms with van der Waals surface area (Å²) in [6, 6.07) is 2.24. The highest BCUT2D eigenvalue weighted by atomic mass is 16.5. The van der Waals surface area contributed by atoms with E-state index in [1.165, 1.54) is 0 Å². The fraction of sp³-hybridized carbons (Fsp3) is 0.867. The first-order valence-corrected chi connectivity index (χ1v) is 7.44. The van der Waals surface area contributed by atoms with Crippen LogP contribution in [0.5, 0.6) is 0 Å². The minimum absolute atomic E-state index is 0.0942. The van der Waals surface area contributed by atoms with Crippen molar-refractivity contribution in [2.24, 2.45) is 5.92 Å². The average molecular weight is 266 g/mol. The number of carbonyl (C=O) groups is 1. The molecule has 1 saturated heterocycles. The van der Waals surface area contributed by atoms with Gasteiger partial charge in [-0.15, -0.1) is 0 Å². The van der Waals surface area contributed by atoms with Crippen molar-refractivity contribution in [1.29, 1.82) is 5.26 Å². The molecule has 4 nitrogen and oxygen atoms in total. The Morgan fingerprint density at radius 2 is 2.16 bits per heavy atom. The van der Waals surface area contributed by atoms with E-state index in [9.17, 15) is 4.79 Å². The van der Waals surface area contributed by atoms with Gasteiger partial charge >= 0.3 is 0 Å². The van der Waals surface area contributed by atoms with Crippen molar-refractivity contribution in [2.45, 2.75) is 70.9 Å². The number of ether oxygens (including phenoxy) is 1. The van der Waals surface area contributed by atoms with E-state index in [0.717, 1.165) is 32.1 Å². The number of hydrogen-bond donors (Lipinski definition) is 1. The van der Waals surface area contributed by atoms with Crippen molar-refractivity contribution < 1.29 is 9.53 Å². The molecule has 0 bridgehead atoms. The largest absolute Gasteiger partial charge is 0.375 e. The summed E-state index contributed by atoms with van der Waals surface area (Å²) in [6.07, 6.45) is 5.12. The van der Waals surface area contributed by atoms with Crippen LogP contribution in [0.1, 0.15) is 59.3 Å². The summed E-state index contributed by atoms with van der Waals surface area (Å²) < 4.78 is 5.89. The second-order valence-electron chi connectivity index (χ2n) is 5.41. The van der Waals surface area contributed by atoms with Crippen molar-refractivity contribution >= 4 is 5.91 Å². The predicted molar refractivity (Wildman–Crippen MR) is 74.4 cm³/mol. The number of nitriles is 1. The third-order valence-electron chi connectivity index (χ3n) is 4.18. The molecule has 4 heteroatoms. The van der Waals surface area contributed by atoms with Crippen LogP contribution in [0.25, 0.3) is 0 Å². The van der Waals surface area contributed by atoms with E-state index in [4.69, 9.17) is 10.00 Å². The van der Waals surface area contributed by atoms with E-state index >= 15 is 0 Å². The molecule has 108 valence electrons. The van der Waals surface area contributed by atoms with Crippen LogP contribution >= 0.6 is 0 Å². The summed E-state index contributed by atoms with van der Waals surface area (Å²) in [6.45, 7) is 6.94. The molecule has 19 heavy (non-hydrogen) atoms.